The van der Waals surface area contributed by atoms with E-state index in [-0.39, 0.29) is 36.4 Å². The van der Waals surface area contributed by atoms with Crippen LogP contribution in [0.2, 0.25) is 0 Å². The van der Waals surface area contributed by atoms with Gasteiger partial charge in [0.1, 0.15) is 6.61 Å². The molecule has 0 heterocycles. The predicted molar refractivity (Wildman–Crippen MR) is 131 cm³/mol. The number of hydrogen-bond acceptors (Lipinski definition) is 4. The molecular formula is C28H30N2O5. The van der Waals surface area contributed by atoms with Crippen molar-refractivity contribution in [2.24, 2.45) is 11.8 Å². The van der Waals surface area contributed by atoms with Gasteiger partial charge in [-0.3, -0.25) is 9.59 Å². The second-order valence-electron chi connectivity index (χ2n) is 9.71. The van der Waals surface area contributed by atoms with E-state index in [0.29, 0.717) is 12.8 Å². The van der Waals surface area contributed by atoms with Crippen LogP contribution in [0.15, 0.2) is 60.7 Å². The van der Waals surface area contributed by atoms with Crippen LogP contribution in [0.25, 0.3) is 11.1 Å². The van der Waals surface area contributed by atoms with E-state index in [2.05, 4.69) is 34.9 Å². The molecule has 0 radical (unpaired) electrons. The van der Waals surface area contributed by atoms with Crippen molar-refractivity contribution in [2.45, 2.75) is 50.1 Å². The van der Waals surface area contributed by atoms with Gasteiger partial charge in [-0.05, 0) is 47.9 Å². The fourth-order valence-electron chi connectivity index (χ4n) is 5.66. The molecule has 0 aliphatic heterocycles. The molecule has 2 aromatic rings. The Bertz CT molecular complexity index is 1110. The Morgan fingerprint density at radius 1 is 0.886 bits per heavy atom. The van der Waals surface area contributed by atoms with Crippen molar-refractivity contribution in [3.05, 3.63) is 71.8 Å². The van der Waals surface area contributed by atoms with Gasteiger partial charge < -0.3 is 20.5 Å². The molecule has 3 N–H and O–H groups in total. The van der Waals surface area contributed by atoms with Gasteiger partial charge in [0.25, 0.3) is 0 Å². The van der Waals surface area contributed by atoms with Crippen LogP contribution in [0.3, 0.4) is 0 Å². The number of nitrogens with one attached hydrogen (secondary N) is 2. The molecule has 7 nitrogen and oxygen atoms in total. The standard InChI is InChI=1S/C28H30N2O5/c31-26(29-20-13-12-18(15-20)27(32)33)17-6-5-7-19(14-17)30-28(34)35-16-25-23-10-3-1-8-21(23)22-9-2-4-11-24(22)25/h1-4,8-13,17-20,25H,5-7,14-16H2,(H,29,31)(H,30,34)(H,32,33). The Morgan fingerprint density at radius 2 is 1.57 bits per heavy atom. The lowest BCUT2D eigenvalue weighted by molar-refractivity contribution is -0.140. The third kappa shape index (κ3) is 4.94. The third-order valence-corrected chi connectivity index (χ3v) is 7.44. The summed E-state index contributed by atoms with van der Waals surface area (Å²) in [6.45, 7) is 0.259. The van der Waals surface area contributed by atoms with Crippen molar-refractivity contribution < 1.29 is 24.2 Å². The van der Waals surface area contributed by atoms with Gasteiger partial charge in [-0.25, -0.2) is 4.79 Å². The normalized spacial score (nSPS) is 24.9. The SMILES string of the molecule is O=C(NC1CCCC(C(=O)NC2C=CC(C(=O)O)C2)C1)OCC1c2ccccc2-c2ccccc21. The van der Waals surface area contributed by atoms with E-state index in [9.17, 15) is 14.4 Å². The summed E-state index contributed by atoms with van der Waals surface area (Å²) >= 11 is 0. The molecule has 4 atom stereocenters. The second kappa shape index (κ2) is 9.94. The maximum atomic E-state index is 12.8. The Kier molecular flexibility index (Phi) is 6.57. The smallest absolute Gasteiger partial charge is 0.407 e. The number of hydrogen-bond donors (Lipinski definition) is 3. The number of carboxylic acids is 1. The first-order chi connectivity index (χ1) is 17.0. The second-order valence-corrected chi connectivity index (χ2v) is 9.71. The molecule has 2 amide bonds. The van der Waals surface area contributed by atoms with Gasteiger partial charge in [-0.2, -0.15) is 0 Å². The highest BCUT2D eigenvalue weighted by Crippen LogP contribution is 2.44. The Balaban J connectivity index is 1.13. The van der Waals surface area contributed by atoms with Crippen LogP contribution < -0.4 is 10.6 Å². The summed E-state index contributed by atoms with van der Waals surface area (Å²) in [6.07, 6.45) is 6.27. The first-order valence-electron chi connectivity index (χ1n) is 12.3. The lowest BCUT2D eigenvalue weighted by atomic mass is 9.85. The zero-order valence-corrected chi connectivity index (χ0v) is 19.5. The highest BCUT2D eigenvalue weighted by atomic mass is 16.5. The summed E-state index contributed by atoms with van der Waals surface area (Å²) in [6, 6.07) is 16.1. The number of benzene rings is 2. The summed E-state index contributed by atoms with van der Waals surface area (Å²) in [4.78, 5) is 36.5. The van der Waals surface area contributed by atoms with Crippen LogP contribution in [0, 0.1) is 11.8 Å². The van der Waals surface area contributed by atoms with Gasteiger partial charge in [0.05, 0.1) is 5.92 Å². The van der Waals surface area contributed by atoms with Crippen molar-refractivity contribution in [3.8, 4) is 11.1 Å². The van der Waals surface area contributed by atoms with Gasteiger partial charge in [0.15, 0.2) is 0 Å². The summed E-state index contributed by atoms with van der Waals surface area (Å²) in [5, 5.41) is 15.0. The summed E-state index contributed by atoms with van der Waals surface area (Å²) in [7, 11) is 0. The van der Waals surface area contributed by atoms with E-state index in [1.807, 2.05) is 24.3 Å². The Morgan fingerprint density at radius 3 is 2.23 bits per heavy atom. The van der Waals surface area contributed by atoms with Crippen LogP contribution in [-0.4, -0.2) is 41.8 Å². The minimum atomic E-state index is -0.872. The number of aliphatic carboxylic acids is 1. The number of fused-ring (bicyclic) bond motifs is 3. The molecule has 7 heteroatoms. The van der Waals surface area contributed by atoms with Crippen molar-refractivity contribution in [2.75, 3.05) is 6.61 Å². The fourth-order valence-corrected chi connectivity index (χ4v) is 5.66. The van der Waals surface area contributed by atoms with Gasteiger partial charge in [0.2, 0.25) is 5.91 Å². The minimum absolute atomic E-state index is 0.00660. The van der Waals surface area contributed by atoms with Crippen LogP contribution in [0.5, 0.6) is 0 Å². The highest BCUT2D eigenvalue weighted by Gasteiger charge is 2.32. The molecule has 35 heavy (non-hydrogen) atoms. The van der Waals surface area contributed by atoms with E-state index in [1.165, 1.54) is 22.3 Å². The number of carboxylic acid groups (broad SMARTS) is 1. The number of carbonyl (C=O) groups is 3. The van der Waals surface area contributed by atoms with Gasteiger partial charge in [0, 0.05) is 23.9 Å². The lowest BCUT2D eigenvalue weighted by Crippen LogP contribution is -2.44. The van der Waals surface area contributed by atoms with Crippen molar-refractivity contribution in [1.29, 1.82) is 0 Å². The predicted octanol–water partition coefficient (Wildman–Crippen LogP) is 4.23. The molecular weight excluding hydrogens is 444 g/mol. The summed E-state index contributed by atoms with van der Waals surface area (Å²) < 4.78 is 5.66. The van der Waals surface area contributed by atoms with Crippen molar-refractivity contribution in [1.82, 2.24) is 10.6 Å². The van der Waals surface area contributed by atoms with E-state index in [1.54, 1.807) is 12.2 Å². The number of ether oxygens (including phenoxy) is 1. The molecule has 1 fully saturated rings. The van der Waals surface area contributed by atoms with Crippen molar-refractivity contribution >= 4 is 18.0 Å². The largest absolute Gasteiger partial charge is 0.481 e. The zero-order chi connectivity index (χ0) is 24.4. The first-order valence-corrected chi connectivity index (χ1v) is 12.3. The molecule has 4 unspecified atom stereocenters. The van der Waals surface area contributed by atoms with Gasteiger partial charge >= 0.3 is 12.1 Å². The van der Waals surface area contributed by atoms with Crippen molar-refractivity contribution in [3.63, 3.8) is 0 Å². The molecule has 0 saturated heterocycles. The third-order valence-electron chi connectivity index (χ3n) is 7.44. The topological polar surface area (TPSA) is 105 Å². The lowest BCUT2D eigenvalue weighted by Gasteiger charge is -2.29. The number of rotatable bonds is 6. The molecule has 0 bridgehead atoms. The van der Waals surface area contributed by atoms with Gasteiger partial charge in [-0.15, -0.1) is 0 Å². The average Bonchev–Trinajstić information content (AvgIpc) is 3.46. The number of alkyl carbamates (subject to hydrolysis) is 1. The molecule has 5 rings (SSSR count). The quantitative estimate of drug-likeness (QED) is 0.544. The number of amides is 2. The Hall–Kier alpha value is -3.61. The Labute approximate surface area is 204 Å². The van der Waals surface area contributed by atoms with Gasteiger partial charge in [-0.1, -0.05) is 67.1 Å². The molecule has 182 valence electrons. The minimum Gasteiger partial charge on any atom is -0.481 e. The zero-order valence-electron chi connectivity index (χ0n) is 19.5. The summed E-state index contributed by atoms with van der Waals surface area (Å²) in [5.41, 5.74) is 4.71. The maximum Gasteiger partial charge on any atom is 0.407 e. The molecule has 3 aliphatic carbocycles. The summed E-state index contributed by atoms with van der Waals surface area (Å²) in [5.74, 6) is -1.70. The monoisotopic (exact) mass is 474 g/mol. The maximum absolute atomic E-state index is 12.8. The molecule has 3 aliphatic rings. The first kappa shape index (κ1) is 23.1. The fraction of sp³-hybridized carbons (Fsp3) is 0.393. The molecule has 1 saturated carbocycles. The molecule has 2 aromatic carbocycles. The van der Waals surface area contributed by atoms with Crippen LogP contribution in [0.4, 0.5) is 4.79 Å². The van der Waals surface area contributed by atoms with E-state index >= 15 is 0 Å². The molecule has 0 aromatic heterocycles. The molecule has 0 spiro atoms. The van der Waals surface area contributed by atoms with E-state index in [4.69, 9.17) is 9.84 Å². The van der Waals surface area contributed by atoms with Crippen LogP contribution >= 0.6 is 0 Å². The highest BCUT2D eigenvalue weighted by molar-refractivity contribution is 5.81. The van der Waals surface area contributed by atoms with Crippen LogP contribution in [0.1, 0.15) is 49.1 Å². The number of carbonyl (C=O) groups excluding carboxylic acids is 2. The van der Waals surface area contributed by atoms with Crippen LogP contribution in [-0.2, 0) is 14.3 Å². The average molecular weight is 475 g/mol. The van der Waals surface area contributed by atoms with E-state index in [0.717, 1.165) is 19.3 Å². The van der Waals surface area contributed by atoms with E-state index < -0.39 is 18.0 Å².